The van der Waals surface area contributed by atoms with E-state index in [0.29, 0.717) is 17.9 Å². The predicted molar refractivity (Wildman–Crippen MR) is 91.9 cm³/mol. The Hall–Kier alpha value is -2.30. The zero-order valence-corrected chi connectivity index (χ0v) is 15.6. The standard InChI is InChI=1S/C17H22N4O6/c1-5-10-19-14-11(15(23)20-10)18-7-21(14)16-13-12(26-17(3,4)27-13)9(25-16)6-24-8(2)22/h7,9,12-13,16H,5-6H2,1-4H3,(H,19,20,23)/t9-,12-,13-,16-/m1/s1. The summed E-state index contributed by atoms with van der Waals surface area (Å²) in [7, 11) is 0. The molecule has 0 bridgehead atoms. The minimum absolute atomic E-state index is 0.0489. The number of nitrogens with zero attached hydrogens (tertiary/aromatic N) is 3. The van der Waals surface area contributed by atoms with E-state index in [4.69, 9.17) is 18.9 Å². The number of aromatic amines is 1. The summed E-state index contributed by atoms with van der Waals surface area (Å²) in [5.41, 5.74) is 0.347. The van der Waals surface area contributed by atoms with Crippen LogP contribution in [0.15, 0.2) is 11.1 Å². The summed E-state index contributed by atoms with van der Waals surface area (Å²) in [6, 6.07) is 0. The highest BCUT2D eigenvalue weighted by Gasteiger charge is 2.56. The number of hydrogen-bond donors (Lipinski definition) is 1. The van der Waals surface area contributed by atoms with E-state index in [1.807, 2.05) is 20.8 Å². The van der Waals surface area contributed by atoms with E-state index in [0.717, 1.165) is 0 Å². The molecule has 2 fully saturated rings. The van der Waals surface area contributed by atoms with Crippen LogP contribution in [0.2, 0.25) is 0 Å². The highest BCUT2D eigenvalue weighted by Crippen LogP contribution is 2.43. The molecule has 0 spiro atoms. The van der Waals surface area contributed by atoms with Gasteiger partial charge in [0.15, 0.2) is 23.2 Å². The van der Waals surface area contributed by atoms with Crippen molar-refractivity contribution >= 4 is 17.1 Å². The summed E-state index contributed by atoms with van der Waals surface area (Å²) in [4.78, 5) is 34.8. The lowest BCUT2D eigenvalue weighted by molar-refractivity contribution is -0.201. The van der Waals surface area contributed by atoms with Gasteiger partial charge in [-0.05, 0) is 13.8 Å². The Morgan fingerprint density at radius 1 is 1.37 bits per heavy atom. The van der Waals surface area contributed by atoms with Crippen LogP contribution in [0.1, 0.15) is 39.7 Å². The Kier molecular flexibility index (Phi) is 4.28. The first-order valence-corrected chi connectivity index (χ1v) is 8.89. The predicted octanol–water partition coefficient (Wildman–Crippen LogP) is 0.663. The molecule has 0 amide bonds. The molecular formula is C17H22N4O6. The van der Waals surface area contributed by atoms with Gasteiger partial charge in [0.1, 0.15) is 30.7 Å². The first-order valence-electron chi connectivity index (χ1n) is 8.89. The molecule has 4 atom stereocenters. The summed E-state index contributed by atoms with van der Waals surface area (Å²) >= 11 is 0. The molecule has 2 aromatic rings. The molecule has 146 valence electrons. The van der Waals surface area contributed by atoms with Crippen molar-refractivity contribution in [2.45, 2.75) is 64.4 Å². The fourth-order valence-corrected chi connectivity index (χ4v) is 3.54. The number of esters is 1. The zero-order chi connectivity index (χ0) is 19.3. The van der Waals surface area contributed by atoms with E-state index >= 15 is 0 Å². The number of fused-ring (bicyclic) bond motifs is 2. The lowest BCUT2D eigenvalue weighted by atomic mass is 10.1. The first-order chi connectivity index (χ1) is 12.8. The van der Waals surface area contributed by atoms with E-state index in [1.165, 1.54) is 13.3 Å². The molecule has 0 radical (unpaired) electrons. The van der Waals surface area contributed by atoms with Gasteiger partial charge in [0.2, 0.25) is 0 Å². The lowest BCUT2D eigenvalue weighted by Crippen LogP contribution is -2.33. The number of ether oxygens (including phenoxy) is 4. The summed E-state index contributed by atoms with van der Waals surface area (Å²) < 4.78 is 24.9. The molecule has 27 heavy (non-hydrogen) atoms. The SMILES string of the molecule is CCc1nc2c(ncn2[C@@H]2O[C@H](COC(C)=O)[C@H]3OC(C)(C)O[C@H]32)c(=O)[nH]1. The summed E-state index contributed by atoms with van der Waals surface area (Å²) in [6.45, 7) is 6.92. The van der Waals surface area contributed by atoms with Crippen molar-refractivity contribution in [3.8, 4) is 0 Å². The van der Waals surface area contributed by atoms with Crippen LogP contribution in [-0.4, -0.2) is 56.2 Å². The molecule has 1 N–H and O–H groups in total. The molecule has 0 saturated carbocycles. The zero-order valence-electron chi connectivity index (χ0n) is 15.6. The van der Waals surface area contributed by atoms with Crippen molar-refractivity contribution in [1.29, 1.82) is 0 Å². The second-order valence-corrected chi connectivity index (χ2v) is 7.12. The maximum atomic E-state index is 12.2. The number of carbonyl (C=O) groups is 1. The first kappa shape index (κ1) is 18.1. The Bertz CT molecular complexity index is 935. The third-order valence-electron chi connectivity index (χ3n) is 4.67. The molecule has 2 aromatic heterocycles. The van der Waals surface area contributed by atoms with Crippen LogP contribution < -0.4 is 5.56 Å². The lowest BCUT2D eigenvalue weighted by Gasteiger charge is -2.24. The number of rotatable bonds is 4. The highest BCUT2D eigenvalue weighted by molar-refractivity contribution is 5.69. The number of H-pyrrole nitrogens is 1. The monoisotopic (exact) mass is 378 g/mol. The fraction of sp³-hybridized carbons (Fsp3) is 0.647. The summed E-state index contributed by atoms with van der Waals surface area (Å²) in [5.74, 6) is -0.642. The minimum Gasteiger partial charge on any atom is -0.463 e. The Labute approximate surface area is 154 Å². The third-order valence-corrected chi connectivity index (χ3v) is 4.67. The maximum absolute atomic E-state index is 12.2. The summed E-state index contributed by atoms with van der Waals surface area (Å²) in [6.07, 6.45) is 0.0998. The number of carbonyl (C=O) groups excluding carboxylic acids is 1. The van der Waals surface area contributed by atoms with Crippen LogP contribution in [0.3, 0.4) is 0 Å². The van der Waals surface area contributed by atoms with Crippen LogP contribution in [0.4, 0.5) is 0 Å². The molecule has 4 heterocycles. The largest absolute Gasteiger partial charge is 0.463 e. The third kappa shape index (κ3) is 3.13. The number of nitrogens with one attached hydrogen (secondary N) is 1. The number of imidazole rings is 1. The van der Waals surface area contributed by atoms with Crippen LogP contribution >= 0.6 is 0 Å². The average Bonchev–Trinajstić information content (AvgIpc) is 3.24. The topological polar surface area (TPSA) is 118 Å². The number of hydrogen-bond acceptors (Lipinski definition) is 8. The van der Waals surface area contributed by atoms with Crippen LogP contribution in [0.5, 0.6) is 0 Å². The average molecular weight is 378 g/mol. The Balaban J connectivity index is 1.72. The van der Waals surface area contributed by atoms with Gasteiger partial charge in [-0.25, -0.2) is 9.97 Å². The van der Waals surface area contributed by atoms with E-state index in [-0.39, 0.29) is 17.7 Å². The molecule has 2 saturated heterocycles. The minimum atomic E-state index is -0.804. The Morgan fingerprint density at radius 3 is 2.81 bits per heavy atom. The van der Waals surface area contributed by atoms with Gasteiger partial charge in [-0.3, -0.25) is 14.2 Å². The molecule has 2 aliphatic heterocycles. The van der Waals surface area contributed by atoms with Crippen molar-refractivity contribution in [2.24, 2.45) is 0 Å². The molecule has 0 aromatic carbocycles. The molecule has 2 aliphatic rings. The molecule has 10 heteroatoms. The van der Waals surface area contributed by atoms with Crippen molar-refractivity contribution in [2.75, 3.05) is 6.61 Å². The highest BCUT2D eigenvalue weighted by atomic mass is 16.8. The quantitative estimate of drug-likeness (QED) is 0.771. The van der Waals surface area contributed by atoms with Gasteiger partial charge < -0.3 is 23.9 Å². The maximum Gasteiger partial charge on any atom is 0.302 e. The van der Waals surface area contributed by atoms with E-state index in [2.05, 4.69) is 15.0 Å². The Morgan fingerprint density at radius 2 is 2.11 bits per heavy atom. The van der Waals surface area contributed by atoms with Gasteiger partial charge in [0.05, 0.1) is 6.33 Å². The van der Waals surface area contributed by atoms with Gasteiger partial charge in [-0.15, -0.1) is 0 Å². The fourth-order valence-electron chi connectivity index (χ4n) is 3.54. The van der Waals surface area contributed by atoms with Gasteiger partial charge in [0, 0.05) is 13.3 Å². The second-order valence-electron chi connectivity index (χ2n) is 7.12. The van der Waals surface area contributed by atoms with Gasteiger partial charge in [-0.1, -0.05) is 6.92 Å². The van der Waals surface area contributed by atoms with Gasteiger partial charge in [-0.2, -0.15) is 0 Å². The molecule has 4 rings (SSSR count). The smallest absolute Gasteiger partial charge is 0.302 e. The van der Waals surface area contributed by atoms with Crippen LogP contribution in [0.25, 0.3) is 11.2 Å². The summed E-state index contributed by atoms with van der Waals surface area (Å²) in [5, 5.41) is 0. The van der Waals surface area contributed by atoms with Crippen molar-refractivity contribution in [1.82, 2.24) is 19.5 Å². The normalized spacial score (nSPS) is 29.2. The van der Waals surface area contributed by atoms with Gasteiger partial charge in [0.25, 0.3) is 5.56 Å². The van der Waals surface area contributed by atoms with E-state index in [1.54, 1.807) is 4.57 Å². The van der Waals surface area contributed by atoms with Gasteiger partial charge >= 0.3 is 5.97 Å². The molecular weight excluding hydrogens is 356 g/mol. The van der Waals surface area contributed by atoms with E-state index < -0.39 is 36.3 Å². The second kappa shape index (κ2) is 6.39. The van der Waals surface area contributed by atoms with Crippen LogP contribution in [0, 0.1) is 0 Å². The number of aromatic nitrogens is 4. The van der Waals surface area contributed by atoms with Crippen molar-refractivity contribution in [3.05, 3.63) is 22.5 Å². The molecule has 0 aliphatic carbocycles. The number of aryl methyl sites for hydroxylation is 1. The van der Waals surface area contributed by atoms with E-state index in [9.17, 15) is 9.59 Å². The molecule has 10 nitrogen and oxygen atoms in total. The molecule has 0 unspecified atom stereocenters. The van der Waals surface area contributed by atoms with Crippen molar-refractivity contribution < 1.29 is 23.7 Å². The van der Waals surface area contributed by atoms with Crippen molar-refractivity contribution in [3.63, 3.8) is 0 Å². The van der Waals surface area contributed by atoms with Crippen LogP contribution in [-0.2, 0) is 30.2 Å².